The lowest BCUT2D eigenvalue weighted by molar-refractivity contribution is -0.123. The van der Waals surface area contributed by atoms with E-state index >= 15 is 0 Å². The van der Waals surface area contributed by atoms with Crippen LogP contribution in [-0.2, 0) is 11.2 Å². The van der Waals surface area contributed by atoms with Crippen LogP contribution in [-0.4, -0.2) is 43.0 Å². The van der Waals surface area contributed by atoms with Crippen LogP contribution in [0.5, 0.6) is 5.75 Å². The highest BCUT2D eigenvalue weighted by atomic mass is 16.5. The Hall–Kier alpha value is -3.08. The average molecular weight is 350 g/mol. The van der Waals surface area contributed by atoms with Gasteiger partial charge in [0.15, 0.2) is 0 Å². The molecule has 0 radical (unpaired) electrons. The summed E-state index contributed by atoms with van der Waals surface area (Å²) in [5.41, 5.74) is 1.68. The number of carbonyl (C=O) groups is 2. The van der Waals surface area contributed by atoms with Crippen molar-refractivity contribution in [2.24, 2.45) is 0 Å². The first-order valence-electron chi connectivity index (χ1n) is 8.62. The Morgan fingerprint density at radius 2 is 1.96 bits per heavy atom. The van der Waals surface area contributed by atoms with Gasteiger partial charge in [0, 0.05) is 18.7 Å². The van der Waals surface area contributed by atoms with E-state index in [-0.39, 0.29) is 11.8 Å². The molecule has 0 aromatic heterocycles. The van der Waals surface area contributed by atoms with E-state index in [9.17, 15) is 9.59 Å². The fourth-order valence-electron chi connectivity index (χ4n) is 2.96. The van der Waals surface area contributed by atoms with Crippen LogP contribution in [0.25, 0.3) is 0 Å². The maximum absolute atomic E-state index is 12.8. The van der Waals surface area contributed by atoms with Crippen molar-refractivity contribution in [3.63, 3.8) is 0 Å². The Morgan fingerprint density at radius 3 is 2.73 bits per heavy atom. The molecule has 5 nitrogen and oxygen atoms in total. The highest BCUT2D eigenvalue weighted by molar-refractivity contribution is 5.99. The number of ether oxygens (including phenoxy) is 1. The van der Waals surface area contributed by atoms with Gasteiger partial charge in [0.25, 0.3) is 5.91 Å². The molecule has 2 aromatic rings. The molecule has 0 fully saturated rings. The van der Waals surface area contributed by atoms with Crippen LogP contribution in [0.4, 0.5) is 0 Å². The van der Waals surface area contributed by atoms with E-state index in [4.69, 9.17) is 4.74 Å². The van der Waals surface area contributed by atoms with E-state index in [1.54, 1.807) is 42.4 Å². The summed E-state index contributed by atoms with van der Waals surface area (Å²) < 4.78 is 5.17. The summed E-state index contributed by atoms with van der Waals surface area (Å²) in [6, 6.07) is 16.4. The van der Waals surface area contributed by atoms with Gasteiger partial charge in [-0.1, -0.05) is 48.6 Å². The van der Waals surface area contributed by atoms with Gasteiger partial charge in [-0.3, -0.25) is 9.59 Å². The number of rotatable bonds is 6. The molecule has 26 heavy (non-hydrogen) atoms. The smallest absolute Gasteiger partial charge is 0.255 e. The zero-order chi connectivity index (χ0) is 18.4. The summed E-state index contributed by atoms with van der Waals surface area (Å²) in [5, 5.41) is 2.92. The van der Waals surface area contributed by atoms with E-state index in [2.05, 4.69) is 5.32 Å². The van der Waals surface area contributed by atoms with Gasteiger partial charge in [-0.2, -0.15) is 0 Å². The Bertz CT molecular complexity index is 802. The van der Waals surface area contributed by atoms with Gasteiger partial charge in [0.05, 0.1) is 7.11 Å². The van der Waals surface area contributed by atoms with Gasteiger partial charge in [-0.25, -0.2) is 0 Å². The number of nitrogens with zero attached hydrogens (tertiary/aromatic N) is 1. The van der Waals surface area contributed by atoms with Gasteiger partial charge >= 0.3 is 0 Å². The molecule has 0 saturated carbocycles. The summed E-state index contributed by atoms with van der Waals surface area (Å²) in [7, 11) is 1.56. The summed E-state index contributed by atoms with van der Waals surface area (Å²) in [4.78, 5) is 26.9. The molecule has 1 aliphatic heterocycles. The first kappa shape index (κ1) is 17.7. The molecule has 1 heterocycles. The largest absolute Gasteiger partial charge is 0.497 e. The van der Waals surface area contributed by atoms with Crippen LogP contribution in [0.3, 0.4) is 0 Å². The van der Waals surface area contributed by atoms with Crippen LogP contribution in [0.1, 0.15) is 15.9 Å². The first-order valence-corrected chi connectivity index (χ1v) is 8.62. The molecule has 0 bridgehead atoms. The van der Waals surface area contributed by atoms with Crippen molar-refractivity contribution in [2.75, 3.05) is 20.2 Å². The van der Waals surface area contributed by atoms with Gasteiger partial charge in [0.1, 0.15) is 11.8 Å². The lowest BCUT2D eigenvalue weighted by atomic mass is 10.1. The molecule has 0 spiro atoms. The zero-order valence-corrected chi connectivity index (χ0v) is 14.7. The number of amides is 2. The Kier molecular flexibility index (Phi) is 5.69. The molecular formula is C21H22N2O3. The summed E-state index contributed by atoms with van der Waals surface area (Å²) in [6.45, 7) is 0.960. The number of nitrogens with one attached hydrogen (secondary N) is 1. The zero-order valence-electron chi connectivity index (χ0n) is 14.7. The third-order valence-electron chi connectivity index (χ3n) is 4.36. The topological polar surface area (TPSA) is 58.6 Å². The van der Waals surface area contributed by atoms with E-state index in [1.807, 2.05) is 36.4 Å². The van der Waals surface area contributed by atoms with E-state index in [1.165, 1.54) is 5.56 Å². The minimum absolute atomic E-state index is 0.161. The molecule has 0 saturated heterocycles. The highest BCUT2D eigenvalue weighted by Gasteiger charge is 2.30. The number of methoxy groups -OCH3 is 1. The van der Waals surface area contributed by atoms with Gasteiger partial charge < -0.3 is 15.0 Å². The van der Waals surface area contributed by atoms with Crippen molar-refractivity contribution >= 4 is 11.8 Å². The second-order valence-electron chi connectivity index (χ2n) is 6.09. The van der Waals surface area contributed by atoms with Crippen LogP contribution >= 0.6 is 0 Å². The Labute approximate surface area is 153 Å². The standard InChI is InChI=1S/C21H22N2O3/c1-26-18-10-5-9-17(15-18)21(25)23-14-6-11-19(23)20(24)22-13-12-16-7-3-2-4-8-16/h2-11,15,19H,12-14H2,1H3,(H,22,24)/t19-/m0/s1. The minimum Gasteiger partial charge on any atom is -0.497 e. The maximum atomic E-state index is 12.8. The summed E-state index contributed by atoms with van der Waals surface area (Å²) in [6.07, 6.45) is 4.38. The summed E-state index contributed by atoms with van der Waals surface area (Å²) >= 11 is 0. The molecule has 134 valence electrons. The Morgan fingerprint density at radius 1 is 1.15 bits per heavy atom. The van der Waals surface area contributed by atoms with Crippen molar-refractivity contribution in [1.82, 2.24) is 10.2 Å². The molecule has 0 aliphatic carbocycles. The lowest BCUT2D eigenvalue weighted by Crippen LogP contribution is -2.46. The third kappa shape index (κ3) is 4.11. The van der Waals surface area contributed by atoms with E-state index in [0.717, 1.165) is 6.42 Å². The van der Waals surface area contributed by atoms with Gasteiger partial charge in [0.2, 0.25) is 5.91 Å². The third-order valence-corrected chi connectivity index (χ3v) is 4.36. The van der Waals surface area contributed by atoms with Crippen molar-refractivity contribution in [1.29, 1.82) is 0 Å². The molecule has 1 atom stereocenters. The Balaban J connectivity index is 1.60. The fourth-order valence-corrected chi connectivity index (χ4v) is 2.96. The predicted molar refractivity (Wildman–Crippen MR) is 100 cm³/mol. The minimum atomic E-state index is -0.579. The quantitative estimate of drug-likeness (QED) is 0.814. The average Bonchev–Trinajstić information content (AvgIpc) is 3.18. The fraction of sp³-hybridized carbons (Fsp3) is 0.238. The van der Waals surface area contributed by atoms with Crippen LogP contribution in [0.15, 0.2) is 66.7 Å². The van der Waals surface area contributed by atoms with Crippen LogP contribution in [0.2, 0.25) is 0 Å². The normalized spacial score (nSPS) is 15.7. The van der Waals surface area contributed by atoms with E-state index in [0.29, 0.717) is 24.4 Å². The number of carbonyl (C=O) groups excluding carboxylic acids is 2. The van der Waals surface area contributed by atoms with Crippen LogP contribution < -0.4 is 10.1 Å². The summed E-state index contributed by atoms with van der Waals surface area (Å²) in [5.74, 6) is 0.273. The maximum Gasteiger partial charge on any atom is 0.255 e. The number of benzene rings is 2. The second-order valence-corrected chi connectivity index (χ2v) is 6.09. The van der Waals surface area contributed by atoms with Crippen molar-refractivity contribution in [3.8, 4) is 5.75 Å². The molecule has 5 heteroatoms. The van der Waals surface area contributed by atoms with Crippen molar-refractivity contribution < 1.29 is 14.3 Å². The predicted octanol–water partition coefficient (Wildman–Crippen LogP) is 2.43. The second kappa shape index (κ2) is 8.34. The molecule has 1 N–H and O–H groups in total. The first-order chi connectivity index (χ1) is 12.7. The SMILES string of the molecule is COc1cccc(C(=O)N2CC=C[C@H]2C(=O)NCCc2ccccc2)c1. The monoisotopic (exact) mass is 350 g/mol. The molecule has 2 aromatic carbocycles. The molecular weight excluding hydrogens is 328 g/mol. The van der Waals surface area contributed by atoms with E-state index < -0.39 is 6.04 Å². The van der Waals surface area contributed by atoms with Crippen molar-refractivity contribution in [2.45, 2.75) is 12.5 Å². The molecule has 0 unspecified atom stereocenters. The number of hydrogen-bond acceptors (Lipinski definition) is 3. The van der Waals surface area contributed by atoms with Gasteiger partial charge in [-0.05, 0) is 30.2 Å². The van der Waals surface area contributed by atoms with Crippen molar-refractivity contribution in [3.05, 3.63) is 77.9 Å². The lowest BCUT2D eigenvalue weighted by Gasteiger charge is -2.24. The number of hydrogen-bond donors (Lipinski definition) is 1. The highest BCUT2D eigenvalue weighted by Crippen LogP contribution is 2.18. The van der Waals surface area contributed by atoms with Gasteiger partial charge in [-0.15, -0.1) is 0 Å². The molecule has 2 amide bonds. The van der Waals surface area contributed by atoms with Crippen LogP contribution in [0, 0.1) is 0 Å². The molecule has 1 aliphatic rings. The molecule has 3 rings (SSSR count).